The second-order valence-corrected chi connectivity index (χ2v) is 33.7. The first kappa shape index (κ1) is 67.0. The van der Waals surface area contributed by atoms with E-state index >= 15 is 0 Å². The van der Waals surface area contributed by atoms with E-state index in [9.17, 15) is 33.7 Å². The van der Waals surface area contributed by atoms with Crippen molar-refractivity contribution in [2.45, 2.75) is 94.3 Å². The maximum atomic E-state index is 12.9. The van der Waals surface area contributed by atoms with Crippen LogP contribution in [0.1, 0.15) is 101 Å². The highest BCUT2D eigenvalue weighted by molar-refractivity contribution is 9.10. The number of halogens is 1. The predicted octanol–water partition coefficient (Wildman–Crippen LogP) is 13.7. The van der Waals surface area contributed by atoms with Crippen LogP contribution in [0.4, 0.5) is 0 Å². The number of aromatic nitrogens is 2. The number of fused-ring (bicyclic) bond motifs is 4. The third kappa shape index (κ3) is 14.9. The van der Waals surface area contributed by atoms with Gasteiger partial charge in [0.15, 0.2) is 0 Å². The number of aromatic amines is 2. The van der Waals surface area contributed by atoms with Crippen molar-refractivity contribution in [1.82, 2.24) is 27.2 Å². The number of methoxy groups -OCH3 is 1. The molecule has 6 aliphatic rings. The summed E-state index contributed by atoms with van der Waals surface area (Å²) in [5, 5.41) is 2.37. The SMILES string of the molecule is COc1ccc2[nH]cc(C3=CCN(S(C)(=O)=O)CC3)c2c1.Cc1ccc(S(=O)(=O)N2CCC(c3c(C)[nH]c4ccccc34)CC2)cc1.Cc1ccc2c(c1)CC=C2C1CCN(S(C)(=O)=O)CC1.O=S(=O)(c1ccccc1Br)N1CCC(C2=CCc3ccccc32)CC1. The topological polar surface area (TPSA) is 190 Å². The summed E-state index contributed by atoms with van der Waals surface area (Å²) in [6.07, 6.45) is 19.3. The normalized spacial score (nSPS) is 18.3. The van der Waals surface area contributed by atoms with E-state index in [-0.39, 0.29) is 0 Å². The van der Waals surface area contributed by atoms with Crippen molar-refractivity contribution in [3.8, 4) is 5.75 Å². The van der Waals surface area contributed by atoms with E-state index in [1.54, 1.807) is 50.4 Å². The molecule has 92 heavy (non-hydrogen) atoms. The van der Waals surface area contributed by atoms with Gasteiger partial charge in [0.2, 0.25) is 40.1 Å². The standard InChI is InChI=1S/C21H24N2O2S.C20H20BrNO2S.C16H21NO2S.C15H18N2O3S/c1-15-7-9-18(10-8-15)26(24,25)23-13-11-17(12-14-23)21-16(2)22-20-6-4-3-5-19(20)21;21-19-7-3-4-8-20(19)25(23,24)22-13-11-16(12-14-22)18-10-9-15-5-1-2-6-17(15)18;1-12-3-5-16-14(11-12)4-6-15(16)13-7-9-17(10-8-13)20(2,18)19;1-20-12-3-4-15-13(9-12)14(10-16-15)11-5-7-17(8-6-11)21(2,18)19/h3-10,17,22H,11-14H2,1-2H3;1-8,10,16H,9,11-14H2;3,5-6,11,13H,4,7-10H2,1-2H3;3-5,9-10,16H,6-8H2,1-2H3. The Hall–Kier alpha value is -6.46. The molecule has 0 amide bonds. The average Bonchev–Trinajstić information content (AvgIpc) is 1.41. The van der Waals surface area contributed by atoms with Crippen LogP contribution >= 0.6 is 15.9 Å². The molecular weight excluding hydrogens is 1300 g/mol. The number of sulfonamides is 4. The summed E-state index contributed by atoms with van der Waals surface area (Å²) in [5.74, 6) is 2.18. The van der Waals surface area contributed by atoms with Gasteiger partial charge in [0.05, 0.1) is 29.4 Å². The molecule has 2 aliphatic carbocycles. The number of H-pyrrole nitrogens is 2. The van der Waals surface area contributed by atoms with Gasteiger partial charge >= 0.3 is 0 Å². The number of hydrogen-bond acceptors (Lipinski definition) is 9. The van der Waals surface area contributed by atoms with Crippen molar-refractivity contribution in [2.24, 2.45) is 11.8 Å². The second kappa shape index (κ2) is 28.2. The number of nitrogens with one attached hydrogen (secondary N) is 2. The van der Waals surface area contributed by atoms with Gasteiger partial charge in [-0.3, -0.25) is 0 Å². The van der Waals surface area contributed by atoms with Gasteiger partial charge in [0.25, 0.3) is 0 Å². The molecule has 0 atom stereocenters. The highest BCUT2D eigenvalue weighted by Crippen LogP contribution is 2.42. The summed E-state index contributed by atoms with van der Waals surface area (Å²) < 4.78 is 110. The number of piperidine rings is 3. The molecule has 0 saturated carbocycles. The number of para-hydroxylation sites is 1. The Bertz CT molecular complexity index is 4570. The Morgan fingerprint density at radius 1 is 0.500 bits per heavy atom. The molecule has 8 aromatic rings. The van der Waals surface area contributed by atoms with E-state index in [1.165, 1.54) is 78.0 Å². The summed E-state index contributed by atoms with van der Waals surface area (Å²) in [4.78, 5) is 7.47. The zero-order chi connectivity index (χ0) is 65.1. The number of ether oxygens (including phenoxy) is 1. The molecule has 0 unspecified atom stereocenters. The van der Waals surface area contributed by atoms with Crippen LogP contribution in [0.2, 0.25) is 0 Å². The van der Waals surface area contributed by atoms with Crippen LogP contribution in [0.3, 0.4) is 0 Å². The maximum Gasteiger partial charge on any atom is 0.244 e. The Morgan fingerprint density at radius 2 is 1.07 bits per heavy atom. The average molecular weight is 1380 g/mol. The molecule has 6 heterocycles. The van der Waals surface area contributed by atoms with Gasteiger partial charge in [0.1, 0.15) is 5.75 Å². The van der Waals surface area contributed by atoms with Gasteiger partial charge < -0.3 is 14.7 Å². The van der Waals surface area contributed by atoms with E-state index in [4.69, 9.17) is 4.74 Å². The Morgan fingerprint density at radius 3 is 1.70 bits per heavy atom. The first-order chi connectivity index (χ1) is 44.0. The molecule has 3 fully saturated rings. The highest BCUT2D eigenvalue weighted by Gasteiger charge is 2.35. The van der Waals surface area contributed by atoms with Crippen LogP contribution in [0, 0.1) is 32.6 Å². The van der Waals surface area contributed by atoms with Crippen molar-refractivity contribution >= 4 is 94.5 Å². The zero-order valence-electron chi connectivity index (χ0n) is 53.2. The Labute approximate surface area is 552 Å². The van der Waals surface area contributed by atoms with Crippen molar-refractivity contribution in [3.05, 3.63) is 213 Å². The third-order valence-electron chi connectivity index (χ3n) is 19.0. The van der Waals surface area contributed by atoms with E-state index < -0.39 is 40.1 Å². The fourth-order valence-corrected chi connectivity index (χ4v) is 19.6. The van der Waals surface area contributed by atoms with Crippen molar-refractivity contribution in [1.29, 1.82) is 0 Å². The Kier molecular flexibility index (Phi) is 20.6. The molecule has 2 N–H and O–H groups in total. The summed E-state index contributed by atoms with van der Waals surface area (Å²) >= 11 is 3.37. The molecule has 14 rings (SSSR count). The van der Waals surface area contributed by atoms with Crippen LogP contribution in [-0.2, 0) is 52.9 Å². The molecule has 486 valence electrons. The summed E-state index contributed by atoms with van der Waals surface area (Å²) in [7, 11) is -11.3. The van der Waals surface area contributed by atoms with Gasteiger partial charge in [-0.1, -0.05) is 114 Å². The molecule has 3 saturated heterocycles. The minimum absolute atomic E-state index is 0.360. The molecule has 15 nitrogen and oxygen atoms in total. The first-order valence-corrected chi connectivity index (χ1v) is 39.1. The molecule has 6 aromatic carbocycles. The Balaban J connectivity index is 0.000000126. The lowest BCUT2D eigenvalue weighted by Crippen LogP contribution is -2.38. The summed E-state index contributed by atoms with van der Waals surface area (Å²) in [5.41, 5.74) is 17.8. The van der Waals surface area contributed by atoms with Gasteiger partial charge in [-0.2, -0.15) is 12.9 Å². The molecule has 20 heteroatoms. The zero-order valence-corrected chi connectivity index (χ0v) is 58.1. The van der Waals surface area contributed by atoms with Crippen LogP contribution < -0.4 is 4.74 Å². The molecule has 4 aliphatic heterocycles. The van der Waals surface area contributed by atoms with Crippen LogP contribution in [0.5, 0.6) is 5.75 Å². The number of benzene rings is 6. The second-order valence-electron chi connectivity index (χ2n) is 25.0. The smallest absolute Gasteiger partial charge is 0.244 e. The van der Waals surface area contributed by atoms with E-state index in [0.717, 1.165) is 91.1 Å². The molecule has 0 radical (unpaired) electrons. The molecule has 0 spiro atoms. The van der Waals surface area contributed by atoms with Gasteiger partial charge in [0, 0.05) is 96.1 Å². The molecule has 0 bridgehead atoms. The minimum Gasteiger partial charge on any atom is -0.497 e. The lowest BCUT2D eigenvalue weighted by molar-refractivity contribution is 0.311. The third-order valence-corrected chi connectivity index (χ3v) is 26.4. The van der Waals surface area contributed by atoms with Crippen molar-refractivity contribution in [2.75, 3.05) is 72.0 Å². The number of nitrogens with zero attached hydrogens (tertiary/aromatic N) is 4. The first-order valence-electron chi connectivity index (χ1n) is 31.7. The van der Waals surface area contributed by atoms with Gasteiger partial charge in [-0.05, 0) is 205 Å². The van der Waals surface area contributed by atoms with Gasteiger partial charge in [-0.15, -0.1) is 0 Å². The lowest BCUT2D eigenvalue weighted by Gasteiger charge is -2.32. The van der Waals surface area contributed by atoms with Crippen molar-refractivity contribution < 1.29 is 38.4 Å². The van der Waals surface area contributed by atoms with Crippen LogP contribution in [-0.4, -0.2) is 133 Å². The van der Waals surface area contributed by atoms with Crippen LogP contribution in [0.15, 0.2) is 172 Å². The lowest BCUT2D eigenvalue weighted by atomic mass is 9.86. The highest BCUT2D eigenvalue weighted by atomic mass is 79.9. The van der Waals surface area contributed by atoms with E-state index in [1.807, 2.05) is 61.7 Å². The maximum absolute atomic E-state index is 12.9. The number of rotatable bonds is 11. The summed E-state index contributed by atoms with van der Waals surface area (Å²) in [6.45, 7) is 10.8. The number of allylic oxidation sites excluding steroid dienone is 4. The number of hydrogen-bond donors (Lipinski definition) is 2. The fraction of sp³-hybridized carbons (Fsp3) is 0.361. The minimum atomic E-state index is -3.43. The summed E-state index contributed by atoms with van der Waals surface area (Å²) in [6, 6.07) is 43.7. The monoisotopic (exact) mass is 1380 g/mol. The molecular formula is C72H83BrN6O9S4. The number of aryl methyl sites for hydroxylation is 3. The van der Waals surface area contributed by atoms with Crippen LogP contribution in [0.25, 0.3) is 38.5 Å². The largest absolute Gasteiger partial charge is 0.497 e. The fourth-order valence-electron chi connectivity index (χ4n) is 14.0. The van der Waals surface area contributed by atoms with E-state index in [0.29, 0.717) is 84.4 Å². The van der Waals surface area contributed by atoms with Gasteiger partial charge in [-0.25, -0.2) is 38.0 Å². The molecule has 2 aromatic heterocycles. The quantitative estimate of drug-likeness (QED) is 0.127. The van der Waals surface area contributed by atoms with Crippen molar-refractivity contribution in [3.63, 3.8) is 0 Å². The van der Waals surface area contributed by atoms with E-state index in [2.05, 4.69) is 113 Å². The predicted molar refractivity (Wildman–Crippen MR) is 375 cm³/mol.